The molecule has 2 aromatic carbocycles. The number of esters is 2. The number of aliphatic hydroxyl groups excluding tert-OH is 1. The van der Waals surface area contributed by atoms with Crippen molar-refractivity contribution in [2.24, 2.45) is 0 Å². The molecule has 1 aliphatic rings. The molecule has 0 radical (unpaired) electrons. The van der Waals surface area contributed by atoms with E-state index in [1.807, 2.05) is 0 Å². The van der Waals surface area contributed by atoms with E-state index in [1.165, 1.54) is 36.4 Å². The molecule has 0 heterocycles. The highest BCUT2D eigenvalue weighted by atomic mass is 16.5. The quantitative estimate of drug-likeness (QED) is 0.628. The van der Waals surface area contributed by atoms with Gasteiger partial charge in [-0.25, -0.2) is 9.59 Å². The maximum atomic E-state index is 12.2. The number of aryl methyl sites for hydroxylation is 1. The summed E-state index contributed by atoms with van der Waals surface area (Å²) in [5, 5.41) is 18.6. The minimum absolute atomic E-state index is 0.0624. The van der Waals surface area contributed by atoms with Crippen molar-refractivity contribution in [3.05, 3.63) is 77.1 Å². The van der Waals surface area contributed by atoms with Crippen molar-refractivity contribution in [3.8, 4) is 17.2 Å². The Labute approximate surface area is 156 Å². The number of aliphatic hydroxyl groups is 1. The third-order valence-corrected chi connectivity index (χ3v) is 4.05. The van der Waals surface area contributed by atoms with Gasteiger partial charge >= 0.3 is 11.9 Å². The summed E-state index contributed by atoms with van der Waals surface area (Å²) in [5.41, 5.74) is 1.42. The van der Waals surface area contributed by atoms with Crippen molar-refractivity contribution in [2.75, 3.05) is 0 Å². The fraction of sp³-hybridized carbons (Fsp3) is 0.143. The van der Waals surface area contributed by atoms with Crippen molar-refractivity contribution in [1.29, 1.82) is 0 Å². The van der Waals surface area contributed by atoms with Gasteiger partial charge in [-0.2, -0.15) is 0 Å². The minimum atomic E-state index is -0.557. The highest BCUT2D eigenvalue weighted by Crippen LogP contribution is 2.26. The summed E-state index contributed by atoms with van der Waals surface area (Å²) in [7, 11) is 0. The van der Waals surface area contributed by atoms with Crippen LogP contribution in [0.2, 0.25) is 0 Å². The lowest BCUT2D eigenvalue weighted by Crippen LogP contribution is -2.14. The van der Waals surface area contributed by atoms with Crippen molar-refractivity contribution in [2.45, 2.75) is 19.8 Å². The molecule has 0 amide bonds. The highest BCUT2D eigenvalue weighted by molar-refractivity contribution is 5.92. The molecule has 0 aromatic heterocycles. The van der Waals surface area contributed by atoms with Crippen LogP contribution in [0.5, 0.6) is 17.2 Å². The van der Waals surface area contributed by atoms with E-state index in [0.717, 1.165) is 0 Å². The van der Waals surface area contributed by atoms with Crippen molar-refractivity contribution in [1.82, 2.24) is 0 Å². The van der Waals surface area contributed by atoms with E-state index >= 15 is 0 Å². The van der Waals surface area contributed by atoms with Crippen LogP contribution >= 0.6 is 0 Å². The Balaban J connectivity index is 1.67. The molecule has 2 N–H and O–H groups in total. The van der Waals surface area contributed by atoms with Crippen LogP contribution in [0.1, 0.15) is 28.8 Å². The van der Waals surface area contributed by atoms with Gasteiger partial charge < -0.3 is 19.7 Å². The second-order valence-corrected chi connectivity index (χ2v) is 6.10. The summed E-state index contributed by atoms with van der Waals surface area (Å²) in [6, 6.07) is 10.4. The lowest BCUT2D eigenvalue weighted by Gasteiger charge is -2.13. The number of aromatic hydroxyl groups is 1. The number of allylic oxidation sites excluding steroid dienone is 3. The van der Waals surface area contributed by atoms with Crippen LogP contribution in [0, 0.1) is 6.92 Å². The van der Waals surface area contributed by atoms with Gasteiger partial charge in [0.25, 0.3) is 0 Å². The molecular weight excluding hydrogens is 348 g/mol. The van der Waals surface area contributed by atoms with E-state index in [9.17, 15) is 19.8 Å². The molecule has 6 nitrogen and oxygen atoms in total. The molecule has 0 aliphatic heterocycles. The van der Waals surface area contributed by atoms with Crippen molar-refractivity contribution in [3.63, 3.8) is 0 Å². The van der Waals surface area contributed by atoms with Gasteiger partial charge in [-0.1, -0.05) is 0 Å². The summed E-state index contributed by atoms with van der Waals surface area (Å²) < 4.78 is 10.7. The number of ether oxygens (including phenoxy) is 2. The molecule has 2 aromatic rings. The zero-order valence-electron chi connectivity index (χ0n) is 14.6. The summed E-state index contributed by atoms with van der Waals surface area (Å²) in [5.74, 6) is -0.0529. The Morgan fingerprint density at radius 1 is 0.889 bits per heavy atom. The molecular formula is C21H18O6. The fourth-order valence-electron chi connectivity index (χ4n) is 2.53. The predicted molar refractivity (Wildman–Crippen MR) is 97.9 cm³/mol. The van der Waals surface area contributed by atoms with Crippen LogP contribution in [0.15, 0.2) is 65.9 Å². The number of hydrogen-bond donors (Lipinski definition) is 2. The van der Waals surface area contributed by atoms with Crippen LogP contribution in [-0.4, -0.2) is 22.2 Å². The number of phenolic OH excluding ortho intramolecular Hbond substituents is 1. The first-order valence-electron chi connectivity index (χ1n) is 8.35. The summed E-state index contributed by atoms with van der Waals surface area (Å²) in [6.45, 7) is 1.74. The Morgan fingerprint density at radius 2 is 1.63 bits per heavy atom. The van der Waals surface area contributed by atoms with E-state index in [1.54, 1.807) is 25.1 Å². The summed E-state index contributed by atoms with van der Waals surface area (Å²) in [4.78, 5) is 24.3. The van der Waals surface area contributed by atoms with Crippen LogP contribution in [0.4, 0.5) is 0 Å². The average molecular weight is 366 g/mol. The number of carbonyl (C=O) groups excluding carboxylic acids is 2. The van der Waals surface area contributed by atoms with Gasteiger partial charge in [0.05, 0.1) is 11.3 Å². The topological polar surface area (TPSA) is 93.1 Å². The van der Waals surface area contributed by atoms with E-state index < -0.39 is 11.9 Å². The standard InChI is InChI=1S/C21H18O6/c1-13-12-18(26-20(24)14-2-6-16(22)7-3-14)10-11-19(13)27-21(25)15-4-8-17(23)9-5-15/h2-4,6-8,10-12,22-23H,5,9H2,1H3. The molecule has 0 unspecified atom stereocenters. The predicted octanol–water partition coefficient (Wildman–Crippen LogP) is 3.99. The molecule has 6 heteroatoms. The normalized spacial score (nSPS) is 13.4. The Morgan fingerprint density at radius 3 is 2.26 bits per heavy atom. The molecule has 0 spiro atoms. The smallest absolute Gasteiger partial charge is 0.343 e. The van der Waals surface area contributed by atoms with Crippen molar-refractivity contribution < 1.29 is 29.3 Å². The second kappa shape index (κ2) is 7.78. The Kier molecular flexibility index (Phi) is 5.26. The minimum Gasteiger partial charge on any atom is -0.512 e. The molecule has 0 saturated heterocycles. The zero-order chi connectivity index (χ0) is 19.4. The Hall–Kier alpha value is -3.54. The SMILES string of the molecule is Cc1cc(OC(=O)c2ccc(O)cc2)ccc1OC(=O)C1=CC=C(O)CC1. The largest absolute Gasteiger partial charge is 0.512 e. The van der Waals surface area contributed by atoms with E-state index in [-0.39, 0.29) is 11.5 Å². The number of phenols is 1. The van der Waals surface area contributed by atoms with Gasteiger partial charge in [0, 0.05) is 12.0 Å². The lowest BCUT2D eigenvalue weighted by molar-refractivity contribution is -0.130. The van der Waals surface area contributed by atoms with Gasteiger partial charge in [0.1, 0.15) is 17.2 Å². The van der Waals surface area contributed by atoms with Gasteiger partial charge in [-0.15, -0.1) is 0 Å². The molecule has 27 heavy (non-hydrogen) atoms. The number of carbonyl (C=O) groups is 2. The monoisotopic (exact) mass is 366 g/mol. The maximum absolute atomic E-state index is 12.2. The average Bonchev–Trinajstić information content (AvgIpc) is 2.65. The number of benzene rings is 2. The third kappa shape index (κ3) is 4.55. The molecule has 1 aliphatic carbocycles. The molecule has 138 valence electrons. The number of rotatable bonds is 4. The molecule has 3 rings (SSSR count). The first-order valence-corrected chi connectivity index (χ1v) is 8.35. The number of hydrogen-bond acceptors (Lipinski definition) is 6. The van der Waals surface area contributed by atoms with Gasteiger partial charge in [0.2, 0.25) is 0 Å². The Bertz CT molecular complexity index is 938. The van der Waals surface area contributed by atoms with Crippen LogP contribution < -0.4 is 9.47 Å². The fourth-order valence-corrected chi connectivity index (χ4v) is 2.53. The van der Waals surface area contributed by atoms with Crippen LogP contribution in [0.25, 0.3) is 0 Å². The van der Waals surface area contributed by atoms with Crippen LogP contribution in [-0.2, 0) is 4.79 Å². The van der Waals surface area contributed by atoms with E-state index in [0.29, 0.717) is 41.0 Å². The van der Waals surface area contributed by atoms with Crippen molar-refractivity contribution >= 4 is 11.9 Å². The van der Waals surface area contributed by atoms with E-state index in [2.05, 4.69) is 0 Å². The molecule has 0 bridgehead atoms. The molecule has 0 saturated carbocycles. The highest BCUT2D eigenvalue weighted by Gasteiger charge is 2.17. The first-order chi connectivity index (χ1) is 12.9. The zero-order valence-corrected chi connectivity index (χ0v) is 14.6. The van der Waals surface area contributed by atoms with Crippen LogP contribution in [0.3, 0.4) is 0 Å². The van der Waals surface area contributed by atoms with Gasteiger partial charge in [-0.05, 0) is 73.5 Å². The maximum Gasteiger partial charge on any atom is 0.343 e. The van der Waals surface area contributed by atoms with E-state index in [4.69, 9.17) is 9.47 Å². The van der Waals surface area contributed by atoms with Gasteiger partial charge in [-0.3, -0.25) is 0 Å². The summed E-state index contributed by atoms with van der Waals surface area (Å²) >= 11 is 0. The first kappa shape index (κ1) is 18.3. The molecule has 0 atom stereocenters. The summed E-state index contributed by atoms with van der Waals surface area (Å²) in [6.07, 6.45) is 3.86. The second-order valence-electron chi connectivity index (χ2n) is 6.10. The van der Waals surface area contributed by atoms with Gasteiger partial charge in [0.15, 0.2) is 0 Å². The molecule has 0 fully saturated rings. The third-order valence-electron chi connectivity index (χ3n) is 4.05. The lowest BCUT2D eigenvalue weighted by atomic mass is 10.0.